The zero-order valence-electron chi connectivity index (χ0n) is 18.1. The van der Waals surface area contributed by atoms with Gasteiger partial charge in [-0.1, -0.05) is 69.0 Å². The number of nitrogens with zero attached hydrogens (tertiary/aromatic N) is 1. The van der Waals surface area contributed by atoms with Crippen LogP contribution < -0.4 is 0 Å². The van der Waals surface area contributed by atoms with E-state index < -0.39 is 0 Å². The highest BCUT2D eigenvalue weighted by Crippen LogP contribution is 2.39. The monoisotopic (exact) mass is 401 g/mol. The molecule has 0 spiro atoms. The third-order valence-electron chi connectivity index (χ3n) is 7.19. The Hall–Kier alpha value is -2.40. The Balaban J connectivity index is 1.41. The summed E-state index contributed by atoms with van der Waals surface area (Å²) in [4.78, 5) is 0. The first-order valence-electron chi connectivity index (χ1n) is 11.7. The minimum atomic E-state index is -0.342. The Morgan fingerprint density at radius 2 is 1.73 bits per heavy atom. The second kappa shape index (κ2) is 9.61. The predicted molar refractivity (Wildman–Crippen MR) is 123 cm³/mol. The molecule has 0 bridgehead atoms. The van der Waals surface area contributed by atoms with Gasteiger partial charge in [0.2, 0.25) is 0 Å². The molecule has 4 rings (SSSR count). The molecule has 0 N–H and O–H groups in total. The Labute approximate surface area is 180 Å². The average molecular weight is 402 g/mol. The van der Waals surface area contributed by atoms with Crippen molar-refractivity contribution in [2.45, 2.75) is 77.0 Å². The highest BCUT2D eigenvalue weighted by Gasteiger charge is 2.22. The molecule has 156 valence electrons. The summed E-state index contributed by atoms with van der Waals surface area (Å²) in [5.41, 5.74) is 5.73. The molecular formula is C28H32FN. The molecule has 0 amide bonds. The zero-order chi connectivity index (χ0) is 20.9. The van der Waals surface area contributed by atoms with E-state index in [0.29, 0.717) is 17.9 Å². The number of fused-ring (bicyclic) bond motifs is 1. The lowest BCUT2D eigenvalue weighted by Crippen LogP contribution is -2.13. The summed E-state index contributed by atoms with van der Waals surface area (Å²) in [7, 11) is 0. The summed E-state index contributed by atoms with van der Waals surface area (Å²) in [6, 6.07) is 14.5. The fourth-order valence-electron chi connectivity index (χ4n) is 5.30. The van der Waals surface area contributed by atoms with Gasteiger partial charge in [0.25, 0.3) is 0 Å². The van der Waals surface area contributed by atoms with Crippen LogP contribution in [0.4, 0.5) is 4.39 Å². The maximum atomic E-state index is 14.4. The fraction of sp³-hybridized carbons (Fsp3) is 0.464. The smallest absolute Gasteiger partial charge is 0.144 e. The molecule has 0 unspecified atom stereocenters. The molecular weight excluding hydrogens is 369 g/mol. The summed E-state index contributed by atoms with van der Waals surface area (Å²) in [6.07, 6.45) is 14.5. The van der Waals surface area contributed by atoms with Crippen molar-refractivity contribution in [2.75, 3.05) is 0 Å². The minimum absolute atomic E-state index is 0.148. The summed E-state index contributed by atoms with van der Waals surface area (Å²) in [5.74, 6) is 1.31. The number of unbranched alkanes of at least 4 members (excludes halogenated alkanes) is 2. The topological polar surface area (TPSA) is 23.8 Å². The van der Waals surface area contributed by atoms with Crippen molar-refractivity contribution in [1.29, 1.82) is 5.26 Å². The van der Waals surface area contributed by atoms with Gasteiger partial charge in [-0.3, -0.25) is 0 Å². The van der Waals surface area contributed by atoms with Crippen LogP contribution in [0.2, 0.25) is 0 Å². The molecule has 30 heavy (non-hydrogen) atoms. The Morgan fingerprint density at radius 3 is 2.43 bits per heavy atom. The molecule has 0 radical (unpaired) electrons. The lowest BCUT2D eigenvalue weighted by atomic mass is 9.76. The molecule has 0 aliphatic heterocycles. The van der Waals surface area contributed by atoms with Crippen LogP contribution in [-0.4, -0.2) is 0 Å². The number of rotatable bonds is 6. The molecule has 1 saturated carbocycles. The van der Waals surface area contributed by atoms with Crippen LogP contribution in [0, 0.1) is 23.1 Å². The molecule has 1 fully saturated rings. The van der Waals surface area contributed by atoms with Gasteiger partial charge in [-0.05, 0) is 84.3 Å². The van der Waals surface area contributed by atoms with E-state index in [0.717, 1.165) is 17.9 Å². The summed E-state index contributed by atoms with van der Waals surface area (Å²) in [6.45, 7) is 2.28. The molecule has 0 aromatic heterocycles. The van der Waals surface area contributed by atoms with Crippen LogP contribution >= 0.6 is 0 Å². The first-order valence-corrected chi connectivity index (χ1v) is 11.7. The number of benzene rings is 2. The van der Waals surface area contributed by atoms with Gasteiger partial charge in [0.05, 0.1) is 5.56 Å². The van der Waals surface area contributed by atoms with Crippen molar-refractivity contribution in [3.8, 4) is 6.07 Å². The van der Waals surface area contributed by atoms with E-state index in [1.165, 1.54) is 68.1 Å². The molecule has 2 heteroatoms. The molecule has 2 aliphatic rings. The second-order valence-corrected chi connectivity index (χ2v) is 9.11. The van der Waals surface area contributed by atoms with Gasteiger partial charge in [-0.25, -0.2) is 4.39 Å². The van der Waals surface area contributed by atoms with Gasteiger partial charge in [-0.15, -0.1) is 0 Å². The molecule has 1 nitrogen and oxygen atoms in total. The molecule has 0 atom stereocenters. The van der Waals surface area contributed by atoms with E-state index >= 15 is 0 Å². The third kappa shape index (κ3) is 4.51. The Morgan fingerprint density at radius 1 is 0.967 bits per heavy atom. The van der Waals surface area contributed by atoms with Gasteiger partial charge >= 0.3 is 0 Å². The summed E-state index contributed by atoms with van der Waals surface area (Å²) < 4.78 is 14.4. The van der Waals surface area contributed by atoms with E-state index in [4.69, 9.17) is 5.26 Å². The van der Waals surface area contributed by atoms with Crippen molar-refractivity contribution in [3.63, 3.8) is 0 Å². The normalized spacial score (nSPS) is 20.9. The van der Waals surface area contributed by atoms with Crippen LogP contribution in [0.25, 0.3) is 11.6 Å². The van der Waals surface area contributed by atoms with Crippen molar-refractivity contribution >= 4 is 11.6 Å². The van der Waals surface area contributed by atoms with Crippen LogP contribution in [0.5, 0.6) is 0 Å². The number of allylic oxidation sites excluding steroid dienone is 1. The van der Waals surface area contributed by atoms with Gasteiger partial charge in [-0.2, -0.15) is 5.26 Å². The second-order valence-electron chi connectivity index (χ2n) is 9.11. The van der Waals surface area contributed by atoms with E-state index in [-0.39, 0.29) is 11.4 Å². The first kappa shape index (κ1) is 20.9. The molecule has 2 aromatic carbocycles. The summed E-state index contributed by atoms with van der Waals surface area (Å²) >= 11 is 0. The van der Waals surface area contributed by atoms with Gasteiger partial charge in [0.1, 0.15) is 11.9 Å². The summed E-state index contributed by atoms with van der Waals surface area (Å²) in [5, 5.41) is 9.04. The fourth-order valence-corrected chi connectivity index (χ4v) is 5.30. The Bertz CT molecular complexity index is 940. The van der Waals surface area contributed by atoms with Crippen LogP contribution in [0.1, 0.15) is 98.4 Å². The molecule has 0 heterocycles. The highest BCUT2D eigenvalue weighted by molar-refractivity contribution is 5.84. The number of halogens is 1. The quantitative estimate of drug-likeness (QED) is 0.449. The zero-order valence-corrected chi connectivity index (χ0v) is 18.1. The molecule has 2 aromatic rings. The van der Waals surface area contributed by atoms with E-state index in [9.17, 15) is 4.39 Å². The lowest BCUT2D eigenvalue weighted by molar-refractivity contribution is 0.303. The van der Waals surface area contributed by atoms with Crippen molar-refractivity contribution < 1.29 is 4.39 Å². The van der Waals surface area contributed by atoms with Gasteiger partial charge in [0, 0.05) is 0 Å². The minimum Gasteiger partial charge on any atom is -0.205 e. The molecule has 0 saturated heterocycles. The van der Waals surface area contributed by atoms with Gasteiger partial charge < -0.3 is 0 Å². The highest BCUT2D eigenvalue weighted by atomic mass is 19.1. The van der Waals surface area contributed by atoms with Gasteiger partial charge in [0.15, 0.2) is 0 Å². The molecule has 2 aliphatic carbocycles. The third-order valence-corrected chi connectivity index (χ3v) is 7.19. The standard InChI is InChI=1S/C28H32FN/c1-2-3-4-5-20-6-8-21(9-7-20)22-10-12-23(13-11-22)24-16-17-27-25(18-24)14-15-26(19-30)28(27)29/h10-15,18,20-21H,2-9,16-17H2,1H3. The van der Waals surface area contributed by atoms with Crippen molar-refractivity contribution in [1.82, 2.24) is 0 Å². The van der Waals surface area contributed by atoms with E-state index in [2.05, 4.69) is 37.3 Å². The first-order chi connectivity index (χ1) is 14.7. The Kier molecular flexibility index (Phi) is 6.68. The maximum absolute atomic E-state index is 14.4. The van der Waals surface area contributed by atoms with Crippen molar-refractivity contribution in [3.05, 3.63) is 70.0 Å². The van der Waals surface area contributed by atoms with Crippen LogP contribution in [0.15, 0.2) is 36.4 Å². The van der Waals surface area contributed by atoms with Crippen molar-refractivity contribution in [2.24, 2.45) is 5.92 Å². The lowest BCUT2D eigenvalue weighted by Gasteiger charge is -2.29. The van der Waals surface area contributed by atoms with Crippen LogP contribution in [-0.2, 0) is 6.42 Å². The number of nitriles is 1. The SMILES string of the molecule is CCCCCC1CCC(c2ccc(C3=Cc4ccc(C#N)c(F)c4CC3)cc2)CC1. The largest absolute Gasteiger partial charge is 0.205 e. The van der Waals surface area contributed by atoms with E-state index in [1.807, 2.05) is 12.1 Å². The predicted octanol–water partition coefficient (Wildman–Crippen LogP) is 8.04. The number of hydrogen-bond acceptors (Lipinski definition) is 1. The van der Waals surface area contributed by atoms with Crippen LogP contribution in [0.3, 0.4) is 0 Å². The number of hydrogen-bond donors (Lipinski definition) is 0. The maximum Gasteiger partial charge on any atom is 0.144 e. The van der Waals surface area contributed by atoms with E-state index in [1.54, 1.807) is 6.07 Å². The average Bonchev–Trinajstić information content (AvgIpc) is 2.80.